The van der Waals surface area contributed by atoms with Crippen molar-refractivity contribution >= 4 is 23.6 Å². The lowest BCUT2D eigenvalue weighted by atomic mass is 9.72. The van der Waals surface area contributed by atoms with E-state index in [1.807, 2.05) is 36.1 Å². The highest BCUT2D eigenvalue weighted by Crippen LogP contribution is 2.46. The number of aliphatic hydroxyl groups is 2. The molecule has 0 radical (unpaired) electrons. The van der Waals surface area contributed by atoms with Crippen LogP contribution in [-0.4, -0.2) is 66.0 Å². The van der Waals surface area contributed by atoms with Crippen molar-refractivity contribution in [3.8, 4) is 11.3 Å². The van der Waals surface area contributed by atoms with E-state index in [1.54, 1.807) is 6.07 Å². The van der Waals surface area contributed by atoms with Gasteiger partial charge in [0.1, 0.15) is 11.5 Å². The van der Waals surface area contributed by atoms with E-state index in [9.17, 15) is 19.8 Å². The number of piperidine rings is 1. The molecule has 5 N–H and O–H groups in total. The first-order valence-corrected chi connectivity index (χ1v) is 13.6. The first-order chi connectivity index (χ1) is 18.1. The average molecular weight is 548 g/mol. The molecule has 1 aliphatic heterocycles. The molecule has 0 spiro atoms. The summed E-state index contributed by atoms with van der Waals surface area (Å²) in [6.07, 6.45) is 1.86. The van der Waals surface area contributed by atoms with Crippen LogP contribution in [-0.2, 0) is 15.1 Å². The number of nitrogens with zero attached hydrogens (tertiary/aromatic N) is 1. The molecule has 38 heavy (non-hydrogen) atoms. The highest BCUT2D eigenvalue weighted by atomic mass is 35.5. The number of rotatable bonds is 8. The summed E-state index contributed by atoms with van der Waals surface area (Å²) >= 11 is 6.69. The van der Waals surface area contributed by atoms with Gasteiger partial charge in [-0.05, 0) is 69.2 Å². The minimum absolute atomic E-state index is 0.0237. The molecule has 2 aromatic rings. The second kappa shape index (κ2) is 12.1. The van der Waals surface area contributed by atoms with Crippen molar-refractivity contribution in [2.24, 2.45) is 17.6 Å². The number of likely N-dealkylation sites (tertiary alicyclic amines) is 1. The predicted molar refractivity (Wildman–Crippen MR) is 143 cm³/mol. The zero-order chi connectivity index (χ0) is 27.4. The predicted octanol–water partition coefficient (Wildman–Crippen LogP) is 3.57. The van der Waals surface area contributed by atoms with E-state index in [0.717, 1.165) is 12.2 Å². The minimum Gasteiger partial charge on any atom is -0.461 e. The second-order valence-electron chi connectivity index (χ2n) is 10.5. The summed E-state index contributed by atoms with van der Waals surface area (Å²) in [5.74, 6) is 0.662. The van der Waals surface area contributed by atoms with E-state index in [0.29, 0.717) is 73.6 Å². The maximum Gasteiger partial charge on any atom is 0.406 e. The molecule has 2 heterocycles. The van der Waals surface area contributed by atoms with Crippen molar-refractivity contribution in [1.29, 1.82) is 0 Å². The molecule has 2 aliphatic rings. The van der Waals surface area contributed by atoms with Crippen molar-refractivity contribution in [1.82, 2.24) is 10.2 Å². The number of carbonyl (C=O) groups is 2. The molecule has 2 amide bonds. The number of ether oxygens (including phenoxy) is 1. The number of nitrogens with one attached hydrogen (secondary N) is 1. The number of carbonyl (C=O) groups excluding carboxylic acids is 2. The summed E-state index contributed by atoms with van der Waals surface area (Å²) in [6, 6.07) is 8.73. The molecule has 0 bridgehead atoms. The monoisotopic (exact) mass is 547 g/mol. The number of furan rings is 1. The molecule has 1 unspecified atom stereocenters. The third-order valence-corrected chi connectivity index (χ3v) is 8.31. The molecule has 10 heteroatoms. The van der Waals surface area contributed by atoms with Crippen LogP contribution in [0.1, 0.15) is 49.8 Å². The third kappa shape index (κ3) is 6.01. The Bertz CT molecular complexity index is 1130. The number of amides is 2. The van der Waals surface area contributed by atoms with Crippen LogP contribution in [0.3, 0.4) is 0 Å². The van der Waals surface area contributed by atoms with E-state index >= 15 is 0 Å². The summed E-state index contributed by atoms with van der Waals surface area (Å²) in [6.45, 7) is 3.13. The topological polar surface area (TPSA) is 138 Å². The fraction of sp³-hybridized carbons (Fsp3) is 0.571. The van der Waals surface area contributed by atoms with Crippen molar-refractivity contribution in [2.75, 3.05) is 26.7 Å². The Kier molecular flexibility index (Phi) is 9.03. The summed E-state index contributed by atoms with van der Waals surface area (Å²) in [7, 11) is 1.30. The molecule has 1 aromatic carbocycles. The Balaban J connectivity index is 1.65. The van der Waals surface area contributed by atoms with E-state index in [2.05, 4.69) is 10.1 Å². The molecular weight excluding hydrogens is 510 g/mol. The quantitative estimate of drug-likeness (QED) is 0.371. The van der Waals surface area contributed by atoms with Crippen LogP contribution in [0.4, 0.5) is 4.79 Å². The largest absolute Gasteiger partial charge is 0.461 e. The van der Waals surface area contributed by atoms with E-state index in [4.69, 9.17) is 21.8 Å². The lowest BCUT2D eigenvalue weighted by Crippen LogP contribution is -2.49. The SMILES string of the molecule is COC(=O)NCCCC(O)(c1cccc(Cl)c1-c1ccc(C)o1)[C@@H]1CCCN(C(=O)[C@H]2C[C@@H](N)[C@@H](O)C2)C1. The van der Waals surface area contributed by atoms with Crippen LogP contribution in [0, 0.1) is 18.8 Å². The summed E-state index contributed by atoms with van der Waals surface area (Å²) in [5, 5.41) is 25.7. The van der Waals surface area contributed by atoms with Crippen molar-refractivity contribution in [3.63, 3.8) is 0 Å². The van der Waals surface area contributed by atoms with Gasteiger partial charge in [-0.25, -0.2) is 4.79 Å². The zero-order valence-corrected chi connectivity index (χ0v) is 22.7. The van der Waals surface area contributed by atoms with Gasteiger partial charge in [0, 0.05) is 43.1 Å². The first-order valence-electron chi connectivity index (χ1n) is 13.3. The van der Waals surface area contributed by atoms with Crippen LogP contribution >= 0.6 is 11.6 Å². The van der Waals surface area contributed by atoms with Crippen LogP contribution in [0.25, 0.3) is 11.3 Å². The lowest BCUT2D eigenvalue weighted by Gasteiger charge is -2.44. The number of aryl methyl sites for hydroxylation is 1. The fourth-order valence-corrected chi connectivity index (χ4v) is 6.23. The molecule has 1 saturated heterocycles. The van der Waals surface area contributed by atoms with E-state index in [-0.39, 0.29) is 17.7 Å². The minimum atomic E-state index is -1.36. The van der Waals surface area contributed by atoms with Gasteiger partial charge in [0.15, 0.2) is 0 Å². The number of alkyl carbamates (subject to hydrolysis) is 1. The summed E-state index contributed by atoms with van der Waals surface area (Å²) in [4.78, 5) is 26.8. The molecule has 4 rings (SSSR count). The molecule has 2 fully saturated rings. The normalized spacial score (nSPS) is 25.2. The first kappa shape index (κ1) is 28.4. The molecule has 9 nitrogen and oxygen atoms in total. The number of halogens is 1. The lowest BCUT2D eigenvalue weighted by molar-refractivity contribution is -0.141. The van der Waals surface area contributed by atoms with Crippen molar-refractivity contribution in [2.45, 2.75) is 63.2 Å². The van der Waals surface area contributed by atoms with Gasteiger partial charge < -0.3 is 35.3 Å². The van der Waals surface area contributed by atoms with Gasteiger partial charge in [-0.3, -0.25) is 4.79 Å². The summed E-state index contributed by atoms with van der Waals surface area (Å²) < 4.78 is 10.6. The molecule has 1 aromatic heterocycles. The van der Waals surface area contributed by atoms with Gasteiger partial charge in [0.2, 0.25) is 5.91 Å². The van der Waals surface area contributed by atoms with Gasteiger partial charge in [-0.2, -0.15) is 0 Å². The van der Waals surface area contributed by atoms with Crippen LogP contribution in [0.15, 0.2) is 34.7 Å². The van der Waals surface area contributed by atoms with Gasteiger partial charge in [-0.15, -0.1) is 0 Å². The maximum absolute atomic E-state index is 13.4. The number of hydrogen-bond acceptors (Lipinski definition) is 7. The molecule has 5 atom stereocenters. The van der Waals surface area contributed by atoms with Crippen LogP contribution < -0.4 is 11.1 Å². The molecular formula is C28H38ClN3O6. The second-order valence-corrected chi connectivity index (χ2v) is 10.9. The van der Waals surface area contributed by atoms with Crippen LogP contribution in [0.5, 0.6) is 0 Å². The highest BCUT2D eigenvalue weighted by molar-refractivity contribution is 6.33. The Labute approximate surface area is 228 Å². The van der Waals surface area contributed by atoms with Crippen LogP contribution in [0.2, 0.25) is 5.02 Å². The van der Waals surface area contributed by atoms with Gasteiger partial charge >= 0.3 is 6.09 Å². The maximum atomic E-state index is 13.4. The summed E-state index contributed by atoms with van der Waals surface area (Å²) in [5.41, 5.74) is 5.88. The number of aliphatic hydroxyl groups excluding tert-OH is 1. The molecule has 1 saturated carbocycles. The smallest absolute Gasteiger partial charge is 0.406 e. The Hall–Kier alpha value is -2.59. The standard InChI is InChI=1S/C28H38ClN3O6/c1-17-9-10-24(38-17)25-20(7-3-8-21(25)29)28(36,11-5-12-31-27(35)37-2)19-6-4-13-32(16-19)26(34)18-14-22(30)23(33)15-18/h3,7-10,18-19,22-23,33,36H,4-6,11-16,30H2,1-2H3,(H,31,35)/t18-,19+,22+,23-,28?/m0/s1. The molecule has 208 valence electrons. The third-order valence-electron chi connectivity index (χ3n) is 7.99. The van der Waals surface area contributed by atoms with Gasteiger partial charge in [-0.1, -0.05) is 23.7 Å². The zero-order valence-electron chi connectivity index (χ0n) is 22.0. The Morgan fingerprint density at radius 1 is 1.29 bits per heavy atom. The van der Waals surface area contributed by atoms with Crippen molar-refractivity contribution < 1.29 is 29.0 Å². The fourth-order valence-electron chi connectivity index (χ4n) is 5.96. The van der Waals surface area contributed by atoms with Gasteiger partial charge in [0.05, 0.1) is 23.8 Å². The molecule has 1 aliphatic carbocycles. The van der Waals surface area contributed by atoms with Gasteiger partial charge in [0.25, 0.3) is 0 Å². The van der Waals surface area contributed by atoms with Crippen molar-refractivity contribution in [3.05, 3.63) is 46.7 Å². The number of nitrogens with two attached hydrogens (primary N) is 1. The van der Waals surface area contributed by atoms with E-state index < -0.39 is 23.8 Å². The highest BCUT2D eigenvalue weighted by Gasteiger charge is 2.45. The number of methoxy groups -OCH3 is 1. The Morgan fingerprint density at radius 2 is 2.08 bits per heavy atom. The number of hydrogen-bond donors (Lipinski definition) is 4. The average Bonchev–Trinajstić information content (AvgIpc) is 3.49. The van der Waals surface area contributed by atoms with E-state index in [1.165, 1.54) is 7.11 Å². The Morgan fingerprint density at radius 3 is 2.74 bits per heavy atom. The number of benzene rings is 1.